The first-order valence-corrected chi connectivity index (χ1v) is 11.9. The van der Waals surface area contributed by atoms with Gasteiger partial charge in [0.15, 0.2) is 5.78 Å². The van der Waals surface area contributed by atoms with E-state index in [1.165, 1.54) is 29.3 Å². The number of aryl methyl sites for hydroxylation is 1. The minimum Gasteiger partial charge on any atom is -0.368 e. The van der Waals surface area contributed by atoms with E-state index in [-0.39, 0.29) is 5.82 Å². The molecule has 0 aromatic heterocycles. The van der Waals surface area contributed by atoms with Crippen molar-refractivity contribution in [3.8, 4) is 0 Å². The van der Waals surface area contributed by atoms with Gasteiger partial charge in [0, 0.05) is 36.8 Å². The molecule has 0 saturated carbocycles. The van der Waals surface area contributed by atoms with Crippen LogP contribution in [0, 0.1) is 5.82 Å². The number of Topliss-reactive ketones (excluding diaryl/α,β-unsaturated/α-hetero) is 1. The third kappa shape index (κ3) is 5.35. The molecular formula is C27H35FN2O. The van der Waals surface area contributed by atoms with Crippen LogP contribution in [-0.2, 0) is 19.3 Å². The maximum Gasteiger partial charge on any atom is 0.162 e. The van der Waals surface area contributed by atoms with Crippen LogP contribution in [0.3, 0.4) is 0 Å². The lowest BCUT2D eigenvalue weighted by Gasteiger charge is -2.34. The van der Waals surface area contributed by atoms with Gasteiger partial charge in [-0.3, -0.25) is 4.79 Å². The molecule has 166 valence electrons. The number of carbonyl (C=O) groups is 1. The van der Waals surface area contributed by atoms with Crippen molar-refractivity contribution in [1.82, 2.24) is 4.90 Å². The van der Waals surface area contributed by atoms with Crippen LogP contribution in [0.4, 0.5) is 10.1 Å². The summed E-state index contributed by atoms with van der Waals surface area (Å²) in [6, 6.07) is 11.8. The van der Waals surface area contributed by atoms with Gasteiger partial charge < -0.3 is 9.80 Å². The van der Waals surface area contributed by atoms with Gasteiger partial charge in [-0.2, -0.15) is 0 Å². The molecule has 3 nitrogen and oxygen atoms in total. The number of hydrogen-bond acceptors (Lipinski definition) is 3. The third-order valence-corrected chi connectivity index (χ3v) is 6.98. The Labute approximate surface area is 186 Å². The highest BCUT2D eigenvalue weighted by Gasteiger charge is 2.30. The van der Waals surface area contributed by atoms with Crippen molar-refractivity contribution in [3.05, 3.63) is 64.5 Å². The summed E-state index contributed by atoms with van der Waals surface area (Å²) in [5.41, 5.74) is 6.17. The lowest BCUT2D eigenvalue weighted by molar-refractivity contribution is 0.0978. The van der Waals surface area contributed by atoms with Crippen molar-refractivity contribution in [2.75, 3.05) is 31.6 Å². The van der Waals surface area contributed by atoms with Gasteiger partial charge in [-0.05, 0) is 100.0 Å². The first kappa shape index (κ1) is 22.0. The van der Waals surface area contributed by atoms with Gasteiger partial charge in [0.05, 0.1) is 0 Å². The van der Waals surface area contributed by atoms with E-state index in [1.807, 2.05) is 6.07 Å². The first-order valence-electron chi connectivity index (χ1n) is 11.9. The minimum atomic E-state index is -0.163. The molecule has 0 N–H and O–H groups in total. The second-order valence-corrected chi connectivity index (χ2v) is 9.39. The van der Waals surface area contributed by atoms with Gasteiger partial charge in [-0.25, -0.2) is 4.39 Å². The van der Waals surface area contributed by atoms with Gasteiger partial charge in [0.25, 0.3) is 0 Å². The fourth-order valence-electron chi connectivity index (χ4n) is 5.10. The summed E-state index contributed by atoms with van der Waals surface area (Å²) in [4.78, 5) is 17.6. The quantitative estimate of drug-likeness (QED) is 0.376. The molecule has 0 radical (unpaired) electrons. The minimum absolute atomic E-state index is 0.163. The van der Waals surface area contributed by atoms with E-state index in [0.717, 1.165) is 69.3 Å². The smallest absolute Gasteiger partial charge is 0.162 e. The van der Waals surface area contributed by atoms with Crippen molar-refractivity contribution in [2.24, 2.45) is 0 Å². The fourth-order valence-corrected chi connectivity index (χ4v) is 5.10. The summed E-state index contributed by atoms with van der Waals surface area (Å²) in [6.45, 7) is 5.36. The Morgan fingerprint density at radius 1 is 1.10 bits per heavy atom. The molecule has 1 atom stereocenters. The van der Waals surface area contributed by atoms with E-state index in [1.54, 1.807) is 12.1 Å². The molecule has 0 spiro atoms. The maximum atomic E-state index is 13.3. The molecule has 2 aliphatic heterocycles. The Morgan fingerprint density at radius 3 is 2.71 bits per heavy atom. The molecule has 2 aromatic rings. The highest BCUT2D eigenvalue weighted by molar-refractivity contribution is 5.97. The number of unbranched alkanes of at least 4 members (excludes halogenated alkanes) is 2. The van der Waals surface area contributed by atoms with Crippen LogP contribution < -0.4 is 4.90 Å². The maximum absolute atomic E-state index is 13.3. The topological polar surface area (TPSA) is 23.6 Å². The van der Waals surface area contributed by atoms with Gasteiger partial charge in [-0.15, -0.1) is 0 Å². The molecule has 0 aliphatic carbocycles. The first-order chi connectivity index (χ1) is 15.0. The number of carbonyl (C=O) groups excluding carboxylic acids is 1. The molecule has 2 heterocycles. The van der Waals surface area contributed by atoms with Crippen LogP contribution in [0.5, 0.6) is 0 Å². The van der Waals surface area contributed by atoms with E-state index in [2.05, 4.69) is 35.9 Å². The molecule has 31 heavy (non-hydrogen) atoms. The van der Waals surface area contributed by atoms with Crippen molar-refractivity contribution in [3.63, 3.8) is 0 Å². The van der Waals surface area contributed by atoms with Crippen LogP contribution in [0.2, 0.25) is 0 Å². The van der Waals surface area contributed by atoms with Crippen molar-refractivity contribution < 1.29 is 9.18 Å². The number of halogens is 1. The number of rotatable bonds is 10. The summed E-state index contributed by atoms with van der Waals surface area (Å²) in [5.74, 6) is 0.139. The lowest BCUT2D eigenvalue weighted by Crippen LogP contribution is -2.35. The standard InChI is InChI=1S/C27H35FN2O/c1-20-10-11-22-18-24(19-23-13-16-30(20)27(22)23)26(31)9-4-3-5-14-29(2)15-12-21-7-6-8-25(28)17-21/h6-8,17-20H,3-5,9-16H2,1-2H3. The van der Waals surface area contributed by atoms with E-state index < -0.39 is 0 Å². The highest BCUT2D eigenvalue weighted by Crippen LogP contribution is 2.39. The number of nitrogens with zero attached hydrogens (tertiary/aromatic N) is 2. The Morgan fingerprint density at radius 2 is 1.90 bits per heavy atom. The highest BCUT2D eigenvalue weighted by atomic mass is 19.1. The Hall–Kier alpha value is -2.20. The number of hydrogen-bond donors (Lipinski definition) is 0. The largest absolute Gasteiger partial charge is 0.368 e. The van der Waals surface area contributed by atoms with Gasteiger partial charge >= 0.3 is 0 Å². The number of likely N-dealkylation sites (N-methyl/N-ethyl adjacent to an activating group) is 1. The van der Waals surface area contributed by atoms with Crippen molar-refractivity contribution in [1.29, 1.82) is 0 Å². The lowest BCUT2D eigenvalue weighted by atomic mass is 9.92. The zero-order valence-corrected chi connectivity index (χ0v) is 19.0. The summed E-state index contributed by atoms with van der Waals surface area (Å²) >= 11 is 0. The molecule has 0 fully saturated rings. The van der Waals surface area contributed by atoms with Crippen LogP contribution in [-0.4, -0.2) is 43.4 Å². The van der Waals surface area contributed by atoms with Gasteiger partial charge in [0.2, 0.25) is 0 Å². The van der Waals surface area contributed by atoms with Crippen molar-refractivity contribution >= 4 is 11.5 Å². The Kier molecular flexibility index (Phi) is 7.06. The van der Waals surface area contributed by atoms with E-state index in [9.17, 15) is 9.18 Å². The predicted octanol–water partition coefficient (Wildman–Crippen LogP) is 5.44. The van der Waals surface area contributed by atoms with Crippen LogP contribution in [0.25, 0.3) is 0 Å². The van der Waals surface area contributed by atoms with E-state index in [4.69, 9.17) is 0 Å². The molecule has 0 bridgehead atoms. The number of anilines is 1. The third-order valence-electron chi connectivity index (χ3n) is 6.98. The van der Waals surface area contributed by atoms with Gasteiger partial charge in [0.1, 0.15) is 5.82 Å². The summed E-state index contributed by atoms with van der Waals surface area (Å²) in [7, 11) is 2.12. The van der Waals surface area contributed by atoms with Crippen molar-refractivity contribution in [2.45, 2.75) is 64.3 Å². The second kappa shape index (κ2) is 9.95. The second-order valence-electron chi connectivity index (χ2n) is 9.39. The summed E-state index contributed by atoms with van der Waals surface area (Å²) in [6.07, 6.45) is 7.99. The molecular weight excluding hydrogens is 387 g/mol. The molecule has 4 heteroatoms. The van der Waals surface area contributed by atoms with E-state index >= 15 is 0 Å². The average molecular weight is 423 g/mol. The summed E-state index contributed by atoms with van der Waals surface area (Å²) < 4.78 is 13.3. The van der Waals surface area contributed by atoms with Crippen LogP contribution >= 0.6 is 0 Å². The zero-order chi connectivity index (χ0) is 21.8. The van der Waals surface area contributed by atoms with Crippen LogP contribution in [0.15, 0.2) is 36.4 Å². The monoisotopic (exact) mass is 422 g/mol. The number of ketones is 1. The molecule has 0 amide bonds. The van der Waals surface area contributed by atoms with Gasteiger partial charge in [-0.1, -0.05) is 18.6 Å². The van der Waals surface area contributed by atoms with E-state index in [0.29, 0.717) is 18.2 Å². The zero-order valence-electron chi connectivity index (χ0n) is 19.0. The molecule has 2 aromatic carbocycles. The summed E-state index contributed by atoms with van der Waals surface area (Å²) in [5, 5.41) is 0. The fraction of sp³-hybridized carbons (Fsp3) is 0.519. The molecule has 2 aliphatic rings. The normalized spacial score (nSPS) is 17.3. The molecule has 0 saturated heterocycles. The Bertz CT molecular complexity index is 925. The number of benzene rings is 2. The SMILES string of the molecule is CC1CCc2cc(C(=O)CCCCCN(C)CCc3cccc(F)c3)cc3c2N1CC3. The predicted molar refractivity (Wildman–Crippen MR) is 126 cm³/mol. The average Bonchev–Trinajstić information content (AvgIpc) is 3.20. The van der Waals surface area contributed by atoms with Crippen LogP contribution in [0.1, 0.15) is 66.1 Å². The molecule has 1 unspecified atom stereocenters. The molecule has 4 rings (SSSR count). The Balaban J connectivity index is 1.18.